The first-order valence-corrected chi connectivity index (χ1v) is 16.0. The maximum atomic E-state index is 2.43. The van der Waals surface area contributed by atoms with Crippen LogP contribution in [0.25, 0.3) is 97.7 Å². The molecule has 0 aromatic heterocycles. The van der Waals surface area contributed by atoms with Gasteiger partial charge in [0.2, 0.25) is 0 Å². The third-order valence-electron chi connectivity index (χ3n) is 10.0. The second-order valence-electron chi connectivity index (χ2n) is 12.4. The first-order chi connectivity index (χ1) is 22.8. The highest BCUT2D eigenvalue weighted by Gasteiger charge is 2.16. The lowest BCUT2D eigenvalue weighted by molar-refractivity contribution is 1.65. The molecule has 0 bridgehead atoms. The van der Waals surface area contributed by atoms with Crippen LogP contribution >= 0.6 is 0 Å². The zero-order chi connectivity index (χ0) is 30.2. The molecule has 0 saturated carbocycles. The monoisotopic (exact) mass is 580 g/mol. The molecule has 0 heteroatoms. The van der Waals surface area contributed by atoms with Crippen molar-refractivity contribution in [3.05, 3.63) is 170 Å². The summed E-state index contributed by atoms with van der Waals surface area (Å²) in [5.41, 5.74) is 5.00. The maximum absolute atomic E-state index is 2.43. The molecule has 0 atom stereocenters. The van der Waals surface area contributed by atoms with Crippen LogP contribution in [0.3, 0.4) is 0 Å². The van der Waals surface area contributed by atoms with E-state index in [9.17, 15) is 0 Å². The molecule has 0 aliphatic rings. The average molecular weight is 581 g/mol. The first kappa shape index (κ1) is 25.4. The zero-order valence-corrected chi connectivity index (χ0v) is 25.2. The molecular formula is C46H28. The van der Waals surface area contributed by atoms with Gasteiger partial charge >= 0.3 is 0 Å². The van der Waals surface area contributed by atoms with Crippen LogP contribution in [-0.2, 0) is 0 Å². The van der Waals surface area contributed by atoms with Crippen LogP contribution < -0.4 is 0 Å². The van der Waals surface area contributed by atoms with Crippen LogP contribution in [0.2, 0.25) is 0 Å². The fourth-order valence-electron chi connectivity index (χ4n) is 7.96. The Labute approximate surface area is 266 Å². The lowest BCUT2D eigenvalue weighted by Gasteiger charge is -2.17. The SMILES string of the molecule is c1ccc2c(-c3ccc4c5ccccc5c5ccccc5c4c3)c(-c3ccc4c5ccccc5c5ccccc5c4c3)ccc2c1. The van der Waals surface area contributed by atoms with E-state index in [4.69, 9.17) is 0 Å². The minimum Gasteiger partial charge on any atom is -0.0616 e. The number of hydrogen-bond donors (Lipinski definition) is 0. The van der Waals surface area contributed by atoms with Crippen molar-refractivity contribution >= 4 is 75.4 Å². The van der Waals surface area contributed by atoms with Gasteiger partial charge in [0, 0.05) is 0 Å². The summed E-state index contributed by atoms with van der Waals surface area (Å²) in [6.07, 6.45) is 0. The molecule has 10 rings (SSSR count). The number of fused-ring (bicyclic) bond motifs is 13. The van der Waals surface area contributed by atoms with Crippen LogP contribution in [0.5, 0.6) is 0 Å². The quantitative estimate of drug-likeness (QED) is 0.178. The third-order valence-corrected chi connectivity index (χ3v) is 10.0. The van der Waals surface area contributed by atoms with Crippen LogP contribution in [0.15, 0.2) is 170 Å². The average Bonchev–Trinajstić information content (AvgIpc) is 3.14. The minimum absolute atomic E-state index is 1.23. The molecule has 0 spiro atoms. The van der Waals surface area contributed by atoms with Gasteiger partial charge < -0.3 is 0 Å². The smallest absolute Gasteiger partial charge is 0.00266 e. The van der Waals surface area contributed by atoms with Crippen molar-refractivity contribution in [2.45, 2.75) is 0 Å². The van der Waals surface area contributed by atoms with E-state index in [0.717, 1.165) is 0 Å². The number of rotatable bonds is 2. The number of benzene rings is 10. The van der Waals surface area contributed by atoms with Crippen LogP contribution in [0, 0.1) is 0 Å². The summed E-state index contributed by atoms with van der Waals surface area (Å²) < 4.78 is 0. The molecule has 0 aliphatic heterocycles. The first-order valence-electron chi connectivity index (χ1n) is 16.0. The van der Waals surface area contributed by atoms with Gasteiger partial charge in [-0.25, -0.2) is 0 Å². The molecule has 0 amide bonds. The molecule has 0 radical (unpaired) electrons. The number of hydrogen-bond acceptors (Lipinski definition) is 0. The highest BCUT2D eigenvalue weighted by Crippen LogP contribution is 2.44. The van der Waals surface area contributed by atoms with Gasteiger partial charge in [-0.15, -0.1) is 0 Å². The Morgan fingerprint density at radius 2 is 0.565 bits per heavy atom. The van der Waals surface area contributed by atoms with E-state index in [1.165, 1.54) is 97.7 Å². The predicted molar refractivity (Wildman–Crippen MR) is 200 cm³/mol. The fourth-order valence-corrected chi connectivity index (χ4v) is 7.96. The second-order valence-corrected chi connectivity index (χ2v) is 12.4. The van der Waals surface area contributed by atoms with Gasteiger partial charge in [-0.3, -0.25) is 0 Å². The van der Waals surface area contributed by atoms with Gasteiger partial charge in [0.15, 0.2) is 0 Å². The van der Waals surface area contributed by atoms with Crippen LogP contribution in [0.4, 0.5) is 0 Å². The zero-order valence-electron chi connectivity index (χ0n) is 25.2. The molecule has 0 N–H and O–H groups in total. The molecule has 10 aromatic carbocycles. The van der Waals surface area contributed by atoms with Gasteiger partial charge in [0.05, 0.1) is 0 Å². The Morgan fingerprint density at radius 3 is 1.04 bits per heavy atom. The minimum atomic E-state index is 1.23. The van der Waals surface area contributed by atoms with Crippen LogP contribution in [0.1, 0.15) is 0 Å². The van der Waals surface area contributed by atoms with Gasteiger partial charge in [-0.05, 0) is 110 Å². The van der Waals surface area contributed by atoms with E-state index in [1.54, 1.807) is 0 Å². The largest absolute Gasteiger partial charge is 0.0616 e. The molecule has 0 heterocycles. The lowest BCUT2D eigenvalue weighted by atomic mass is 9.86. The molecule has 46 heavy (non-hydrogen) atoms. The van der Waals surface area contributed by atoms with Crippen molar-refractivity contribution in [1.29, 1.82) is 0 Å². The normalized spacial score (nSPS) is 11.9. The summed E-state index contributed by atoms with van der Waals surface area (Å²) in [6, 6.07) is 62.9. The van der Waals surface area contributed by atoms with Gasteiger partial charge in [0.25, 0.3) is 0 Å². The summed E-state index contributed by atoms with van der Waals surface area (Å²) in [6.45, 7) is 0. The molecule has 212 valence electrons. The van der Waals surface area contributed by atoms with Crippen molar-refractivity contribution in [3.8, 4) is 22.3 Å². The van der Waals surface area contributed by atoms with Gasteiger partial charge in [0.1, 0.15) is 0 Å². The van der Waals surface area contributed by atoms with Gasteiger partial charge in [-0.1, -0.05) is 158 Å². The summed E-state index contributed by atoms with van der Waals surface area (Å²) in [4.78, 5) is 0. The van der Waals surface area contributed by atoms with Crippen LogP contribution in [-0.4, -0.2) is 0 Å². The highest BCUT2D eigenvalue weighted by atomic mass is 14.2. The van der Waals surface area contributed by atoms with Crippen molar-refractivity contribution < 1.29 is 0 Å². The van der Waals surface area contributed by atoms with Crippen molar-refractivity contribution in [3.63, 3.8) is 0 Å². The summed E-state index contributed by atoms with van der Waals surface area (Å²) in [5, 5.41) is 18.1. The van der Waals surface area contributed by atoms with Crippen molar-refractivity contribution in [2.75, 3.05) is 0 Å². The summed E-state index contributed by atoms with van der Waals surface area (Å²) in [5.74, 6) is 0. The van der Waals surface area contributed by atoms with Crippen molar-refractivity contribution in [1.82, 2.24) is 0 Å². The second kappa shape index (κ2) is 9.76. The van der Waals surface area contributed by atoms with Crippen molar-refractivity contribution in [2.24, 2.45) is 0 Å². The van der Waals surface area contributed by atoms with Gasteiger partial charge in [-0.2, -0.15) is 0 Å². The Morgan fingerprint density at radius 1 is 0.217 bits per heavy atom. The third kappa shape index (κ3) is 3.62. The van der Waals surface area contributed by atoms with E-state index in [0.29, 0.717) is 0 Å². The standard InChI is InChI=1S/C46H28/c1-2-12-32-29(11-1)21-24-33(30-22-25-42-38-17-5-3-13-34(38)36-15-7-9-19-40(36)44(42)27-30)46(32)31-23-26-43-39-18-6-4-14-35(39)37-16-8-10-20-41(37)45(43)28-31/h1-28H. The van der Waals surface area contributed by atoms with E-state index < -0.39 is 0 Å². The maximum Gasteiger partial charge on any atom is -0.00266 e. The van der Waals surface area contributed by atoms with E-state index in [-0.39, 0.29) is 0 Å². The van der Waals surface area contributed by atoms with E-state index in [2.05, 4.69) is 170 Å². The Balaban J connectivity index is 1.30. The molecule has 0 saturated heterocycles. The highest BCUT2D eigenvalue weighted by molar-refractivity contribution is 6.27. The molecular weight excluding hydrogens is 553 g/mol. The molecule has 0 aliphatic carbocycles. The molecule has 0 nitrogen and oxygen atoms in total. The molecule has 0 fully saturated rings. The molecule has 0 unspecified atom stereocenters. The predicted octanol–water partition coefficient (Wildman–Crippen LogP) is 13.1. The van der Waals surface area contributed by atoms with E-state index >= 15 is 0 Å². The summed E-state index contributed by atoms with van der Waals surface area (Å²) >= 11 is 0. The Bertz CT molecular complexity index is 2780. The van der Waals surface area contributed by atoms with E-state index in [1.807, 2.05) is 0 Å². The summed E-state index contributed by atoms with van der Waals surface area (Å²) in [7, 11) is 0. The lowest BCUT2D eigenvalue weighted by Crippen LogP contribution is -1.90. The Hall–Kier alpha value is -5.98. The fraction of sp³-hybridized carbons (Fsp3) is 0. The molecule has 10 aromatic rings. The topological polar surface area (TPSA) is 0 Å². The Kier molecular flexibility index (Phi) is 5.38.